The molecule has 20 heavy (non-hydrogen) atoms. The van der Waals surface area contributed by atoms with Crippen LogP contribution in [0.3, 0.4) is 0 Å². The molecule has 0 aliphatic heterocycles. The third-order valence-corrected chi connectivity index (χ3v) is 5.33. The van der Waals surface area contributed by atoms with Gasteiger partial charge in [-0.1, -0.05) is 33.8 Å². The topological polar surface area (TPSA) is 40.5 Å². The number of phenolic OH excluding ortho intramolecular Hbond substituents is 1. The summed E-state index contributed by atoms with van der Waals surface area (Å²) >= 11 is 0. The summed E-state index contributed by atoms with van der Waals surface area (Å²) in [6.07, 6.45) is 0. The normalized spacial score (nSPS) is 19.7. The minimum absolute atomic E-state index is 0.0300. The van der Waals surface area contributed by atoms with E-state index in [1.165, 1.54) is 0 Å². The van der Waals surface area contributed by atoms with Crippen molar-refractivity contribution in [3.63, 3.8) is 0 Å². The summed E-state index contributed by atoms with van der Waals surface area (Å²) in [5.74, 6) is 0.402. The van der Waals surface area contributed by atoms with Crippen molar-refractivity contribution in [2.75, 3.05) is 11.4 Å². The van der Waals surface area contributed by atoms with E-state index in [9.17, 15) is 9.90 Å². The lowest BCUT2D eigenvalue weighted by Crippen LogP contribution is -2.34. The minimum atomic E-state index is 0.0300. The zero-order valence-electron chi connectivity index (χ0n) is 13.3. The Balaban J connectivity index is 2.35. The SMILES string of the molecule is CCN(C(=O)C1C(C)(C)C1(C)C)c1cc(O)ccc1C. The Bertz CT molecular complexity index is 532. The predicted octanol–water partition coefficient (Wildman–Crippen LogP) is 3.74. The highest BCUT2D eigenvalue weighted by Crippen LogP contribution is 2.68. The number of hydrogen-bond donors (Lipinski definition) is 1. The van der Waals surface area contributed by atoms with E-state index < -0.39 is 0 Å². The fraction of sp³-hybridized carbons (Fsp3) is 0.588. The monoisotopic (exact) mass is 275 g/mol. The Hall–Kier alpha value is -1.51. The maximum Gasteiger partial charge on any atom is 0.231 e. The Morgan fingerprint density at radius 2 is 1.80 bits per heavy atom. The van der Waals surface area contributed by atoms with Crippen LogP contribution < -0.4 is 4.90 Å². The molecule has 0 radical (unpaired) electrons. The van der Waals surface area contributed by atoms with Gasteiger partial charge in [-0.15, -0.1) is 0 Å². The summed E-state index contributed by atoms with van der Waals surface area (Å²) in [4.78, 5) is 14.7. The molecule has 1 aliphatic rings. The molecule has 0 saturated heterocycles. The number of benzene rings is 1. The van der Waals surface area contributed by atoms with Crippen LogP contribution in [0.4, 0.5) is 5.69 Å². The number of rotatable bonds is 3. The lowest BCUT2D eigenvalue weighted by atomic mass is 10.0. The van der Waals surface area contributed by atoms with E-state index in [-0.39, 0.29) is 28.4 Å². The Labute approximate surface area is 121 Å². The molecule has 1 amide bonds. The first-order valence-corrected chi connectivity index (χ1v) is 7.25. The van der Waals surface area contributed by atoms with Gasteiger partial charge < -0.3 is 10.0 Å². The maximum absolute atomic E-state index is 12.9. The molecular formula is C17H25NO2. The molecule has 0 heterocycles. The number of phenols is 1. The quantitative estimate of drug-likeness (QED) is 0.913. The van der Waals surface area contributed by atoms with Crippen LogP contribution in [0.15, 0.2) is 18.2 Å². The molecule has 1 aromatic rings. The van der Waals surface area contributed by atoms with Crippen LogP contribution in [-0.2, 0) is 4.79 Å². The summed E-state index contributed by atoms with van der Waals surface area (Å²) in [5, 5.41) is 9.69. The molecular weight excluding hydrogens is 250 g/mol. The van der Waals surface area contributed by atoms with E-state index in [2.05, 4.69) is 27.7 Å². The van der Waals surface area contributed by atoms with Gasteiger partial charge in [-0.05, 0) is 36.3 Å². The van der Waals surface area contributed by atoms with Gasteiger partial charge in [-0.25, -0.2) is 0 Å². The van der Waals surface area contributed by atoms with Crippen molar-refractivity contribution in [2.45, 2.75) is 41.5 Å². The highest BCUT2D eigenvalue weighted by atomic mass is 16.3. The van der Waals surface area contributed by atoms with Gasteiger partial charge in [0.05, 0.1) is 5.69 Å². The number of anilines is 1. The first kappa shape index (κ1) is 14.9. The van der Waals surface area contributed by atoms with Crippen molar-refractivity contribution in [3.05, 3.63) is 23.8 Å². The van der Waals surface area contributed by atoms with Crippen LogP contribution in [0.5, 0.6) is 5.75 Å². The van der Waals surface area contributed by atoms with E-state index >= 15 is 0 Å². The minimum Gasteiger partial charge on any atom is -0.508 e. The van der Waals surface area contributed by atoms with E-state index in [1.54, 1.807) is 17.0 Å². The summed E-state index contributed by atoms with van der Waals surface area (Å²) in [6, 6.07) is 5.19. The number of carbonyl (C=O) groups is 1. The third-order valence-electron chi connectivity index (χ3n) is 5.33. The van der Waals surface area contributed by atoms with Crippen molar-refractivity contribution in [1.29, 1.82) is 0 Å². The number of hydrogen-bond acceptors (Lipinski definition) is 2. The van der Waals surface area contributed by atoms with E-state index in [1.807, 2.05) is 19.9 Å². The van der Waals surface area contributed by atoms with Gasteiger partial charge in [0.25, 0.3) is 0 Å². The van der Waals surface area contributed by atoms with Crippen molar-refractivity contribution in [1.82, 2.24) is 0 Å². The van der Waals surface area contributed by atoms with Gasteiger partial charge in [-0.3, -0.25) is 4.79 Å². The van der Waals surface area contributed by atoms with Crippen LogP contribution in [0.1, 0.15) is 40.2 Å². The highest BCUT2D eigenvalue weighted by Gasteiger charge is 2.68. The molecule has 0 aromatic heterocycles. The summed E-state index contributed by atoms with van der Waals surface area (Å²) in [7, 11) is 0. The zero-order valence-corrected chi connectivity index (χ0v) is 13.3. The second-order valence-corrected chi connectivity index (χ2v) is 6.93. The molecule has 3 nitrogen and oxygen atoms in total. The van der Waals surface area contributed by atoms with Crippen molar-refractivity contribution in [3.8, 4) is 5.75 Å². The van der Waals surface area contributed by atoms with Gasteiger partial charge in [-0.2, -0.15) is 0 Å². The Morgan fingerprint density at radius 1 is 1.25 bits per heavy atom. The Morgan fingerprint density at radius 3 is 2.25 bits per heavy atom. The molecule has 2 rings (SSSR count). The molecule has 1 saturated carbocycles. The van der Waals surface area contributed by atoms with Crippen LogP contribution in [0.2, 0.25) is 0 Å². The molecule has 1 fully saturated rings. The van der Waals surface area contributed by atoms with Gasteiger partial charge in [0.2, 0.25) is 5.91 Å². The van der Waals surface area contributed by atoms with Gasteiger partial charge >= 0.3 is 0 Å². The first-order chi connectivity index (χ1) is 9.14. The molecule has 0 atom stereocenters. The van der Waals surface area contributed by atoms with E-state index in [4.69, 9.17) is 0 Å². The average molecular weight is 275 g/mol. The number of carbonyl (C=O) groups excluding carboxylic acids is 1. The zero-order chi connectivity index (χ0) is 15.3. The Kier molecular flexibility index (Phi) is 3.35. The molecule has 1 aromatic carbocycles. The fourth-order valence-electron chi connectivity index (χ4n) is 3.30. The number of aryl methyl sites for hydroxylation is 1. The molecule has 0 unspecified atom stereocenters. The largest absolute Gasteiger partial charge is 0.508 e. The number of aromatic hydroxyl groups is 1. The number of nitrogens with zero attached hydrogens (tertiary/aromatic N) is 1. The third kappa shape index (κ3) is 2.00. The summed E-state index contributed by atoms with van der Waals surface area (Å²) in [6.45, 7) is 13.2. The van der Waals surface area contributed by atoms with E-state index in [0.717, 1.165) is 11.3 Å². The van der Waals surface area contributed by atoms with E-state index in [0.29, 0.717) is 6.54 Å². The lowest BCUT2D eigenvalue weighted by Gasteiger charge is -2.24. The standard InChI is InChI=1S/C17H25NO2/c1-7-18(13-10-12(19)9-8-11(13)2)15(20)14-16(3,4)17(14,5)6/h8-10,14,19H,7H2,1-6H3. The van der Waals surface area contributed by atoms with Gasteiger partial charge in [0.1, 0.15) is 5.75 Å². The van der Waals surface area contributed by atoms with Crippen LogP contribution >= 0.6 is 0 Å². The summed E-state index contributed by atoms with van der Waals surface area (Å²) < 4.78 is 0. The van der Waals surface area contributed by atoms with Crippen LogP contribution in [0.25, 0.3) is 0 Å². The van der Waals surface area contributed by atoms with Gasteiger partial charge in [0, 0.05) is 18.5 Å². The molecule has 0 bridgehead atoms. The second kappa shape index (κ2) is 4.51. The second-order valence-electron chi connectivity index (χ2n) is 6.93. The fourth-order valence-corrected chi connectivity index (χ4v) is 3.30. The molecule has 1 N–H and O–H groups in total. The van der Waals surface area contributed by atoms with Crippen LogP contribution in [-0.4, -0.2) is 17.6 Å². The number of amides is 1. The lowest BCUT2D eigenvalue weighted by molar-refractivity contribution is -0.120. The molecule has 3 heteroatoms. The van der Waals surface area contributed by atoms with Crippen LogP contribution in [0, 0.1) is 23.7 Å². The van der Waals surface area contributed by atoms with Crippen molar-refractivity contribution in [2.24, 2.45) is 16.7 Å². The summed E-state index contributed by atoms with van der Waals surface area (Å²) in [5.41, 5.74) is 1.88. The van der Waals surface area contributed by atoms with Crippen molar-refractivity contribution < 1.29 is 9.90 Å². The molecule has 1 aliphatic carbocycles. The molecule has 0 spiro atoms. The van der Waals surface area contributed by atoms with Gasteiger partial charge in [0.15, 0.2) is 0 Å². The maximum atomic E-state index is 12.9. The average Bonchev–Trinajstić information content (AvgIpc) is 2.75. The smallest absolute Gasteiger partial charge is 0.231 e. The first-order valence-electron chi connectivity index (χ1n) is 7.25. The predicted molar refractivity (Wildman–Crippen MR) is 81.9 cm³/mol. The highest BCUT2D eigenvalue weighted by molar-refractivity contribution is 5.99. The molecule has 110 valence electrons. The van der Waals surface area contributed by atoms with Crippen molar-refractivity contribution >= 4 is 11.6 Å².